The van der Waals surface area contributed by atoms with Crippen molar-refractivity contribution in [2.24, 2.45) is 7.05 Å². The molecule has 0 aliphatic carbocycles. The number of imidazole rings is 1. The van der Waals surface area contributed by atoms with Crippen molar-refractivity contribution in [2.75, 3.05) is 19.6 Å². The monoisotopic (exact) mass is 311 g/mol. The van der Waals surface area contributed by atoms with Crippen molar-refractivity contribution in [3.8, 4) is 0 Å². The van der Waals surface area contributed by atoms with Gasteiger partial charge in [-0.15, -0.1) is 0 Å². The lowest BCUT2D eigenvalue weighted by molar-refractivity contribution is -0.137. The number of aromatic nitrogens is 3. The SMILES string of the molecule is Cn1cnc2c1[C@@H](C(=O)N1CCC1)CN(Cc1cccnc1)C2. The Morgan fingerprint density at radius 3 is 2.96 bits per heavy atom. The zero-order valence-corrected chi connectivity index (χ0v) is 13.4. The molecule has 1 amide bonds. The highest BCUT2D eigenvalue weighted by Crippen LogP contribution is 2.30. The third-order valence-corrected chi connectivity index (χ3v) is 4.80. The fourth-order valence-corrected chi connectivity index (χ4v) is 3.50. The summed E-state index contributed by atoms with van der Waals surface area (Å²) in [6.07, 6.45) is 6.62. The first-order valence-electron chi connectivity index (χ1n) is 8.12. The molecule has 1 fully saturated rings. The molecule has 2 aliphatic heterocycles. The minimum atomic E-state index is -0.108. The molecule has 0 aromatic carbocycles. The third kappa shape index (κ3) is 2.63. The number of carbonyl (C=O) groups is 1. The maximum Gasteiger partial charge on any atom is 0.233 e. The second-order valence-electron chi connectivity index (χ2n) is 6.45. The summed E-state index contributed by atoms with van der Waals surface area (Å²) < 4.78 is 2.01. The molecule has 0 spiro atoms. The van der Waals surface area contributed by atoms with Gasteiger partial charge in [0.2, 0.25) is 5.91 Å². The molecule has 0 N–H and O–H groups in total. The van der Waals surface area contributed by atoms with Crippen LogP contribution in [0.2, 0.25) is 0 Å². The standard InChI is InChI=1S/C17H21N5O/c1-20-12-19-15-11-21(9-13-4-2-5-18-8-13)10-14(16(15)20)17(23)22-6-3-7-22/h2,4-5,8,12,14H,3,6-7,9-11H2,1H3/t14-/m0/s1. The summed E-state index contributed by atoms with van der Waals surface area (Å²) >= 11 is 0. The number of hydrogen-bond donors (Lipinski definition) is 0. The molecule has 6 heteroatoms. The summed E-state index contributed by atoms with van der Waals surface area (Å²) in [4.78, 5) is 25.8. The van der Waals surface area contributed by atoms with Crippen LogP contribution in [0, 0.1) is 0 Å². The smallest absolute Gasteiger partial charge is 0.233 e. The van der Waals surface area contributed by atoms with Gasteiger partial charge in [0.25, 0.3) is 0 Å². The molecular weight excluding hydrogens is 290 g/mol. The third-order valence-electron chi connectivity index (χ3n) is 4.80. The fraction of sp³-hybridized carbons (Fsp3) is 0.471. The molecule has 2 aliphatic rings. The largest absolute Gasteiger partial charge is 0.342 e. The van der Waals surface area contributed by atoms with Crippen LogP contribution >= 0.6 is 0 Å². The number of carbonyl (C=O) groups excluding carboxylic acids is 1. The van der Waals surface area contributed by atoms with Crippen LogP contribution in [-0.2, 0) is 24.9 Å². The van der Waals surface area contributed by atoms with Crippen LogP contribution in [0.5, 0.6) is 0 Å². The van der Waals surface area contributed by atoms with Crippen LogP contribution in [-0.4, -0.2) is 49.9 Å². The van der Waals surface area contributed by atoms with E-state index in [4.69, 9.17) is 0 Å². The van der Waals surface area contributed by atoms with Gasteiger partial charge in [0, 0.05) is 52.2 Å². The molecule has 0 unspecified atom stereocenters. The van der Waals surface area contributed by atoms with Gasteiger partial charge in [0.15, 0.2) is 0 Å². The first kappa shape index (κ1) is 14.4. The van der Waals surface area contributed by atoms with Crippen molar-refractivity contribution in [1.82, 2.24) is 24.3 Å². The average molecular weight is 311 g/mol. The van der Waals surface area contributed by atoms with Crippen molar-refractivity contribution in [2.45, 2.75) is 25.4 Å². The van der Waals surface area contributed by atoms with Crippen molar-refractivity contribution in [3.63, 3.8) is 0 Å². The zero-order chi connectivity index (χ0) is 15.8. The molecule has 6 nitrogen and oxygen atoms in total. The predicted molar refractivity (Wildman–Crippen MR) is 85.5 cm³/mol. The van der Waals surface area contributed by atoms with Gasteiger partial charge in [-0.05, 0) is 18.1 Å². The number of likely N-dealkylation sites (tertiary alicyclic amines) is 1. The minimum Gasteiger partial charge on any atom is -0.342 e. The van der Waals surface area contributed by atoms with E-state index < -0.39 is 0 Å². The molecule has 23 heavy (non-hydrogen) atoms. The predicted octanol–water partition coefficient (Wildman–Crippen LogP) is 1.15. The summed E-state index contributed by atoms with van der Waals surface area (Å²) in [5.41, 5.74) is 3.29. The Morgan fingerprint density at radius 1 is 1.39 bits per heavy atom. The maximum atomic E-state index is 12.8. The molecule has 0 saturated carbocycles. The van der Waals surface area contributed by atoms with Gasteiger partial charge in [0.1, 0.15) is 0 Å². The molecule has 0 bridgehead atoms. The van der Waals surface area contributed by atoms with Gasteiger partial charge in [0.05, 0.1) is 23.6 Å². The van der Waals surface area contributed by atoms with E-state index in [-0.39, 0.29) is 11.8 Å². The van der Waals surface area contributed by atoms with Crippen LogP contribution in [0.4, 0.5) is 0 Å². The average Bonchev–Trinajstić information content (AvgIpc) is 2.87. The number of rotatable bonds is 3. The number of amides is 1. The highest BCUT2D eigenvalue weighted by molar-refractivity contribution is 5.84. The summed E-state index contributed by atoms with van der Waals surface area (Å²) in [5, 5.41) is 0. The molecule has 4 heterocycles. The summed E-state index contributed by atoms with van der Waals surface area (Å²) in [7, 11) is 1.99. The molecule has 2 aromatic heterocycles. The number of nitrogens with zero attached hydrogens (tertiary/aromatic N) is 5. The van der Waals surface area contributed by atoms with E-state index in [9.17, 15) is 4.79 Å². The summed E-state index contributed by atoms with van der Waals surface area (Å²) in [5.74, 6) is 0.139. The van der Waals surface area contributed by atoms with E-state index >= 15 is 0 Å². The second kappa shape index (κ2) is 5.77. The van der Waals surface area contributed by atoms with Gasteiger partial charge < -0.3 is 9.47 Å². The van der Waals surface area contributed by atoms with Crippen LogP contribution in [0.3, 0.4) is 0 Å². The van der Waals surface area contributed by atoms with Crippen LogP contribution in [0.1, 0.15) is 29.3 Å². The Balaban J connectivity index is 1.59. The van der Waals surface area contributed by atoms with Gasteiger partial charge >= 0.3 is 0 Å². The number of pyridine rings is 1. The van der Waals surface area contributed by atoms with Crippen molar-refractivity contribution >= 4 is 5.91 Å². The highest BCUT2D eigenvalue weighted by Gasteiger charge is 2.37. The lowest BCUT2D eigenvalue weighted by Crippen LogP contribution is -2.48. The zero-order valence-electron chi connectivity index (χ0n) is 13.4. The normalized spacial score (nSPS) is 20.9. The first-order valence-corrected chi connectivity index (χ1v) is 8.12. The lowest BCUT2D eigenvalue weighted by atomic mass is 9.95. The molecule has 120 valence electrons. The van der Waals surface area contributed by atoms with E-state index in [0.29, 0.717) is 0 Å². The second-order valence-corrected chi connectivity index (χ2v) is 6.45. The van der Waals surface area contributed by atoms with Gasteiger partial charge in [-0.1, -0.05) is 6.07 Å². The molecular formula is C17H21N5O. The molecule has 0 radical (unpaired) electrons. The Morgan fingerprint density at radius 2 is 2.26 bits per heavy atom. The van der Waals surface area contributed by atoms with Crippen molar-refractivity contribution in [3.05, 3.63) is 47.8 Å². The van der Waals surface area contributed by atoms with Gasteiger partial charge in [-0.3, -0.25) is 14.7 Å². The molecule has 2 aromatic rings. The summed E-state index contributed by atoms with van der Waals surface area (Å²) in [6, 6.07) is 4.03. The number of hydrogen-bond acceptors (Lipinski definition) is 4. The Labute approximate surface area is 135 Å². The van der Waals surface area contributed by atoms with E-state index in [1.54, 1.807) is 6.20 Å². The van der Waals surface area contributed by atoms with Crippen LogP contribution < -0.4 is 0 Å². The van der Waals surface area contributed by atoms with Gasteiger partial charge in [-0.2, -0.15) is 0 Å². The lowest BCUT2D eigenvalue weighted by Gasteiger charge is -2.38. The van der Waals surface area contributed by atoms with E-state index in [1.807, 2.05) is 35.1 Å². The molecule has 1 atom stereocenters. The first-order chi connectivity index (χ1) is 11.2. The van der Waals surface area contributed by atoms with E-state index in [1.165, 1.54) is 5.56 Å². The van der Waals surface area contributed by atoms with Crippen LogP contribution in [0.15, 0.2) is 30.9 Å². The quantitative estimate of drug-likeness (QED) is 0.853. The molecule has 1 saturated heterocycles. The number of fused-ring (bicyclic) bond motifs is 1. The highest BCUT2D eigenvalue weighted by atomic mass is 16.2. The number of aryl methyl sites for hydroxylation is 1. The van der Waals surface area contributed by atoms with Crippen LogP contribution in [0.25, 0.3) is 0 Å². The van der Waals surface area contributed by atoms with E-state index in [2.05, 4.69) is 20.9 Å². The Bertz CT molecular complexity index is 707. The molecule has 4 rings (SSSR count). The van der Waals surface area contributed by atoms with Gasteiger partial charge in [-0.25, -0.2) is 4.98 Å². The van der Waals surface area contributed by atoms with E-state index in [0.717, 1.165) is 50.5 Å². The van der Waals surface area contributed by atoms with Crippen molar-refractivity contribution in [1.29, 1.82) is 0 Å². The maximum absolute atomic E-state index is 12.8. The Kier molecular flexibility index (Phi) is 3.61. The topological polar surface area (TPSA) is 54.3 Å². The fourth-order valence-electron chi connectivity index (χ4n) is 3.50. The van der Waals surface area contributed by atoms with Crippen molar-refractivity contribution < 1.29 is 4.79 Å². The minimum absolute atomic E-state index is 0.108. The summed E-state index contributed by atoms with van der Waals surface area (Å²) in [6.45, 7) is 4.12. The Hall–Kier alpha value is -2.21.